The smallest absolute Gasteiger partial charge is 0.276 e. The maximum absolute atomic E-state index is 13.1. The lowest BCUT2D eigenvalue weighted by Crippen LogP contribution is -2.15. The van der Waals surface area contributed by atoms with Gasteiger partial charge in [-0.25, -0.2) is 8.78 Å². The molecule has 2 aromatic rings. The van der Waals surface area contributed by atoms with E-state index in [0.29, 0.717) is 5.82 Å². The highest BCUT2D eigenvalue weighted by Gasteiger charge is 2.10. The van der Waals surface area contributed by atoms with Gasteiger partial charge in [0, 0.05) is 18.3 Å². The van der Waals surface area contributed by atoms with Gasteiger partial charge in [-0.05, 0) is 30.7 Å². The van der Waals surface area contributed by atoms with Gasteiger partial charge < -0.3 is 10.6 Å². The molecule has 7 heteroatoms. The van der Waals surface area contributed by atoms with E-state index in [4.69, 9.17) is 0 Å². The number of nitrogens with zero attached hydrogens (tertiary/aromatic N) is 2. The Kier molecular flexibility index (Phi) is 5.35. The number of hydrogen-bond donors (Lipinski definition) is 2. The molecule has 22 heavy (non-hydrogen) atoms. The number of hydrogen-bond acceptors (Lipinski definition) is 4. The van der Waals surface area contributed by atoms with E-state index < -0.39 is 17.5 Å². The summed E-state index contributed by atoms with van der Waals surface area (Å²) in [6.07, 6.45) is 2.08. The average Bonchev–Trinajstić information content (AvgIpc) is 2.52. The largest absolute Gasteiger partial charge is 0.369 e. The van der Waals surface area contributed by atoms with Crippen LogP contribution in [-0.4, -0.2) is 22.6 Å². The van der Waals surface area contributed by atoms with Gasteiger partial charge in [-0.15, -0.1) is 10.2 Å². The van der Waals surface area contributed by atoms with E-state index in [0.717, 1.165) is 31.5 Å². The van der Waals surface area contributed by atoms with Gasteiger partial charge in [0.2, 0.25) is 0 Å². The highest BCUT2D eigenvalue weighted by molar-refractivity contribution is 6.02. The topological polar surface area (TPSA) is 66.9 Å². The van der Waals surface area contributed by atoms with E-state index in [9.17, 15) is 13.6 Å². The number of rotatable bonds is 6. The minimum atomic E-state index is -1.03. The van der Waals surface area contributed by atoms with E-state index >= 15 is 0 Å². The molecule has 0 aliphatic heterocycles. The lowest BCUT2D eigenvalue weighted by molar-refractivity contribution is 0.102. The molecule has 0 saturated heterocycles. The number of unbranched alkanes of at least 4 members (excludes halogenated alkanes) is 1. The predicted molar refractivity (Wildman–Crippen MR) is 79.7 cm³/mol. The summed E-state index contributed by atoms with van der Waals surface area (Å²) in [6.45, 7) is 2.87. The quantitative estimate of drug-likeness (QED) is 0.804. The van der Waals surface area contributed by atoms with Crippen molar-refractivity contribution in [3.8, 4) is 0 Å². The summed E-state index contributed by atoms with van der Waals surface area (Å²) in [5.41, 5.74) is 0.238. The molecule has 0 fully saturated rings. The molecule has 116 valence electrons. The van der Waals surface area contributed by atoms with Crippen LogP contribution in [0.25, 0.3) is 0 Å². The molecule has 0 unspecified atom stereocenters. The maximum Gasteiger partial charge on any atom is 0.276 e. The molecule has 1 heterocycles. The van der Waals surface area contributed by atoms with E-state index in [2.05, 4.69) is 27.8 Å². The second-order valence-electron chi connectivity index (χ2n) is 4.67. The number of carbonyl (C=O) groups is 1. The van der Waals surface area contributed by atoms with Crippen molar-refractivity contribution < 1.29 is 13.6 Å². The van der Waals surface area contributed by atoms with Gasteiger partial charge in [-0.3, -0.25) is 4.79 Å². The molecule has 0 radical (unpaired) electrons. The minimum absolute atomic E-state index is 0.0887. The molecule has 2 rings (SSSR count). The molecular weight excluding hydrogens is 290 g/mol. The number of benzene rings is 1. The molecule has 0 aliphatic rings. The number of anilines is 2. The SMILES string of the molecule is CCCCNc1ccc(C(=O)Nc2ccc(F)c(F)c2)nn1. The van der Waals surface area contributed by atoms with Crippen LogP contribution in [0, 0.1) is 11.6 Å². The second-order valence-corrected chi connectivity index (χ2v) is 4.67. The molecule has 0 saturated carbocycles. The van der Waals surface area contributed by atoms with Crippen LogP contribution in [0.4, 0.5) is 20.3 Å². The zero-order valence-corrected chi connectivity index (χ0v) is 12.1. The summed E-state index contributed by atoms with van der Waals surface area (Å²) < 4.78 is 25.9. The first kappa shape index (κ1) is 15.8. The lowest BCUT2D eigenvalue weighted by atomic mass is 10.3. The monoisotopic (exact) mass is 306 g/mol. The third kappa shape index (κ3) is 4.21. The van der Waals surface area contributed by atoms with Gasteiger partial charge in [0.1, 0.15) is 5.82 Å². The molecule has 1 aromatic carbocycles. The number of carbonyl (C=O) groups excluding carboxylic acids is 1. The van der Waals surface area contributed by atoms with Crippen molar-refractivity contribution in [1.29, 1.82) is 0 Å². The standard InChI is InChI=1S/C15H16F2N4O/c1-2-3-8-18-14-7-6-13(20-21-14)15(22)19-10-4-5-11(16)12(17)9-10/h4-7,9H,2-3,8H2,1H3,(H,18,21)(H,19,22). The van der Waals surface area contributed by atoms with E-state index in [1.807, 2.05) is 0 Å². The van der Waals surface area contributed by atoms with Crippen molar-refractivity contribution in [2.24, 2.45) is 0 Å². The van der Waals surface area contributed by atoms with E-state index in [1.54, 1.807) is 6.07 Å². The highest BCUT2D eigenvalue weighted by Crippen LogP contribution is 2.14. The molecule has 5 nitrogen and oxygen atoms in total. The van der Waals surface area contributed by atoms with Crippen LogP contribution in [0.3, 0.4) is 0 Å². The molecule has 2 N–H and O–H groups in total. The van der Waals surface area contributed by atoms with E-state index in [1.165, 1.54) is 12.1 Å². The summed E-state index contributed by atoms with van der Waals surface area (Å²) in [5, 5.41) is 13.2. The summed E-state index contributed by atoms with van der Waals surface area (Å²) in [6, 6.07) is 6.27. The van der Waals surface area contributed by atoms with Crippen LogP contribution in [0.2, 0.25) is 0 Å². The molecule has 0 atom stereocenters. The van der Waals surface area contributed by atoms with Gasteiger partial charge in [0.05, 0.1) is 0 Å². The third-order valence-corrected chi connectivity index (χ3v) is 2.91. The van der Waals surface area contributed by atoms with Crippen LogP contribution in [0.5, 0.6) is 0 Å². The third-order valence-electron chi connectivity index (χ3n) is 2.91. The minimum Gasteiger partial charge on any atom is -0.369 e. The zero-order chi connectivity index (χ0) is 15.9. The van der Waals surface area contributed by atoms with Crippen LogP contribution >= 0.6 is 0 Å². The first-order chi connectivity index (χ1) is 10.6. The maximum atomic E-state index is 13.1. The Hall–Kier alpha value is -2.57. The molecule has 0 bridgehead atoms. The van der Waals surface area contributed by atoms with Crippen LogP contribution in [0.15, 0.2) is 30.3 Å². The Labute approximate surface area is 126 Å². The van der Waals surface area contributed by atoms with Crippen molar-refractivity contribution in [1.82, 2.24) is 10.2 Å². The Bertz CT molecular complexity index is 646. The normalized spacial score (nSPS) is 10.3. The fraction of sp³-hybridized carbons (Fsp3) is 0.267. The highest BCUT2D eigenvalue weighted by atomic mass is 19.2. The van der Waals surface area contributed by atoms with Crippen LogP contribution in [0.1, 0.15) is 30.3 Å². The summed E-state index contributed by atoms with van der Waals surface area (Å²) in [4.78, 5) is 11.9. The Morgan fingerprint density at radius 2 is 1.95 bits per heavy atom. The van der Waals surface area contributed by atoms with Crippen molar-refractivity contribution in [2.75, 3.05) is 17.2 Å². The zero-order valence-electron chi connectivity index (χ0n) is 12.1. The lowest BCUT2D eigenvalue weighted by Gasteiger charge is -2.06. The number of amides is 1. The van der Waals surface area contributed by atoms with Gasteiger partial charge in [-0.1, -0.05) is 13.3 Å². The van der Waals surface area contributed by atoms with Crippen LogP contribution in [-0.2, 0) is 0 Å². The first-order valence-corrected chi connectivity index (χ1v) is 6.94. The van der Waals surface area contributed by atoms with Gasteiger partial charge >= 0.3 is 0 Å². The predicted octanol–water partition coefficient (Wildman–Crippen LogP) is 3.22. The fourth-order valence-corrected chi connectivity index (χ4v) is 1.71. The van der Waals surface area contributed by atoms with Crippen molar-refractivity contribution in [3.63, 3.8) is 0 Å². The molecular formula is C15H16F2N4O. The molecule has 1 amide bonds. The summed E-state index contributed by atoms with van der Waals surface area (Å²) in [5.74, 6) is -1.96. The van der Waals surface area contributed by atoms with Crippen molar-refractivity contribution >= 4 is 17.4 Å². The van der Waals surface area contributed by atoms with Crippen LogP contribution < -0.4 is 10.6 Å². The Morgan fingerprint density at radius 1 is 1.14 bits per heavy atom. The number of halogens is 2. The second kappa shape index (κ2) is 7.44. The molecule has 1 aromatic heterocycles. The molecule has 0 aliphatic carbocycles. The fourth-order valence-electron chi connectivity index (χ4n) is 1.71. The Balaban J connectivity index is 1.98. The Morgan fingerprint density at radius 3 is 2.59 bits per heavy atom. The van der Waals surface area contributed by atoms with Gasteiger partial charge in [0.15, 0.2) is 17.3 Å². The molecule has 0 spiro atoms. The summed E-state index contributed by atoms with van der Waals surface area (Å²) >= 11 is 0. The van der Waals surface area contributed by atoms with Crippen molar-refractivity contribution in [3.05, 3.63) is 47.7 Å². The summed E-state index contributed by atoms with van der Waals surface area (Å²) in [7, 11) is 0. The number of nitrogens with one attached hydrogen (secondary N) is 2. The average molecular weight is 306 g/mol. The van der Waals surface area contributed by atoms with Gasteiger partial charge in [-0.2, -0.15) is 0 Å². The van der Waals surface area contributed by atoms with Gasteiger partial charge in [0.25, 0.3) is 5.91 Å². The van der Waals surface area contributed by atoms with Crippen molar-refractivity contribution in [2.45, 2.75) is 19.8 Å². The van der Waals surface area contributed by atoms with E-state index in [-0.39, 0.29) is 11.4 Å². The first-order valence-electron chi connectivity index (χ1n) is 6.94. The number of aromatic nitrogens is 2.